The van der Waals surface area contributed by atoms with E-state index in [9.17, 15) is 9.59 Å². The van der Waals surface area contributed by atoms with Crippen molar-refractivity contribution in [1.82, 2.24) is 0 Å². The molecule has 0 amide bonds. The Morgan fingerprint density at radius 3 is 1.76 bits per heavy atom. The number of benzene rings is 4. The fourth-order valence-corrected chi connectivity index (χ4v) is 4.41. The molecule has 0 spiro atoms. The van der Waals surface area contributed by atoms with Gasteiger partial charge in [0.2, 0.25) is 0 Å². The summed E-state index contributed by atoms with van der Waals surface area (Å²) < 4.78 is 0. The minimum Gasteiger partial charge on any atom is -0.297 e. The van der Waals surface area contributed by atoms with Crippen molar-refractivity contribution < 1.29 is 9.59 Å². The molecule has 4 nitrogen and oxygen atoms in total. The Morgan fingerprint density at radius 2 is 1.18 bits per heavy atom. The first-order chi connectivity index (χ1) is 16.7. The molecule has 0 fully saturated rings. The molecule has 1 aliphatic carbocycles. The highest BCUT2D eigenvalue weighted by atomic mass is 16.2. The van der Waals surface area contributed by atoms with Crippen molar-refractivity contribution in [2.45, 2.75) is 5.92 Å². The van der Waals surface area contributed by atoms with Crippen LogP contribution in [0.4, 0.5) is 0 Å². The van der Waals surface area contributed by atoms with Gasteiger partial charge < -0.3 is 0 Å². The summed E-state index contributed by atoms with van der Waals surface area (Å²) in [6.45, 7) is 0. The molecule has 0 aromatic heterocycles. The van der Waals surface area contributed by atoms with Crippen LogP contribution in [0.2, 0.25) is 0 Å². The molecule has 0 bridgehead atoms. The molecule has 34 heavy (non-hydrogen) atoms. The van der Waals surface area contributed by atoms with Gasteiger partial charge in [0.15, 0.2) is 11.6 Å². The lowest BCUT2D eigenvalue weighted by atomic mass is 9.80. The number of carbonyl (C=O) groups excluding carboxylic acids is 2. The van der Waals surface area contributed by atoms with Gasteiger partial charge in [0.05, 0.1) is 17.8 Å². The number of fused-ring (bicyclic) bond motifs is 1. The van der Waals surface area contributed by atoms with Crippen LogP contribution in [0.5, 0.6) is 0 Å². The van der Waals surface area contributed by atoms with E-state index in [4.69, 9.17) is 0 Å². The van der Waals surface area contributed by atoms with Crippen molar-refractivity contribution in [2.75, 3.05) is 0 Å². The maximum absolute atomic E-state index is 14.1. The molecule has 4 aromatic carbocycles. The third-order valence-electron chi connectivity index (χ3n) is 6.01. The maximum atomic E-state index is 14.1. The Bertz CT molecular complexity index is 1340. The summed E-state index contributed by atoms with van der Waals surface area (Å²) >= 11 is 0. The van der Waals surface area contributed by atoms with Crippen LogP contribution in [0.3, 0.4) is 0 Å². The Kier molecular flexibility index (Phi) is 6.04. The zero-order valence-corrected chi connectivity index (χ0v) is 18.4. The average molecular weight is 443 g/mol. The molecule has 0 unspecified atom stereocenters. The molecule has 4 heteroatoms. The van der Waals surface area contributed by atoms with Gasteiger partial charge in [-0.2, -0.15) is 10.2 Å². The summed E-state index contributed by atoms with van der Waals surface area (Å²) in [5.74, 6) is -2.04. The van der Waals surface area contributed by atoms with Crippen LogP contribution in [0.25, 0.3) is 0 Å². The van der Waals surface area contributed by atoms with E-state index < -0.39 is 11.8 Å². The van der Waals surface area contributed by atoms with Crippen LogP contribution in [0, 0.1) is 5.92 Å². The summed E-state index contributed by atoms with van der Waals surface area (Å²) in [7, 11) is 0. The van der Waals surface area contributed by atoms with Crippen molar-refractivity contribution in [3.63, 3.8) is 0 Å². The Labute approximate surface area is 198 Å². The summed E-state index contributed by atoms with van der Waals surface area (Å²) in [4.78, 5) is 27.6. The number of hydrogen-bond acceptors (Lipinski definition) is 4. The number of Topliss-reactive ketones (excluding diaryl/α,β-unsaturated/α-hetero) is 2. The summed E-state index contributed by atoms with van der Waals surface area (Å²) in [6.07, 6.45) is 1.63. The van der Waals surface area contributed by atoms with Gasteiger partial charge in [0.25, 0.3) is 0 Å². The van der Waals surface area contributed by atoms with Gasteiger partial charge >= 0.3 is 0 Å². The highest BCUT2D eigenvalue weighted by Gasteiger charge is 2.44. The standard InChI is InChI=1S/C30H22N2O2/c33-29-25-19-11-10-18-24(25)28(32-31-20-21-12-4-1-5-13-21)27(29)30(34)26(22-14-6-2-7-15-22)23-16-8-3-9-17-23/h1-20,26-27H/b31-20-,32-28+/t27-/m1/s1. The smallest absolute Gasteiger partial charge is 0.180 e. The third kappa shape index (κ3) is 4.14. The number of hydrogen-bond donors (Lipinski definition) is 0. The lowest BCUT2D eigenvalue weighted by molar-refractivity contribution is -0.120. The molecule has 1 atom stereocenters. The Balaban J connectivity index is 1.59. The zero-order valence-electron chi connectivity index (χ0n) is 18.4. The van der Waals surface area contributed by atoms with Crippen LogP contribution >= 0.6 is 0 Å². The van der Waals surface area contributed by atoms with Gasteiger partial charge in [0, 0.05) is 11.1 Å². The van der Waals surface area contributed by atoms with E-state index >= 15 is 0 Å². The molecule has 0 radical (unpaired) electrons. The molecule has 164 valence electrons. The SMILES string of the molecule is O=C1c2ccccc2/C(=N\N=C/c2ccccc2)[C@H]1C(=O)C(c1ccccc1)c1ccccc1. The molecule has 4 aromatic rings. The van der Waals surface area contributed by atoms with Crippen molar-refractivity contribution in [1.29, 1.82) is 0 Å². The summed E-state index contributed by atoms with van der Waals surface area (Å²) in [5, 5.41) is 8.68. The lowest BCUT2D eigenvalue weighted by Crippen LogP contribution is -2.31. The second kappa shape index (κ2) is 9.59. The largest absolute Gasteiger partial charge is 0.297 e. The van der Waals surface area contributed by atoms with E-state index in [-0.39, 0.29) is 11.6 Å². The monoisotopic (exact) mass is 442 g/mol. The van der Waals surface area contributed by atoms with E-state index in [1.807, 2.05) is 103 Å². The quantitative estimate of drug-likeness (QED) is 0.218. The van der Waals surface area contributed by atoms with E-state index in [0.29, 0.717) is 16.8 Å². The predicted octanol–water partition coefficient (Wildman–Crippen LogP) is 5.72. The minimum absolute atomic E-state index is 0.202. The summed E-state index contributed by atoms with van der Waals surface area (Å²) in [5.41, 5.74) is 4.14. The normalized spacial score (nSPS) is 16.3. The fourth-order valence-electron chi connectivity index (χ4n) is 4.41. The molecule has 0 saturated carbocycles. The van der Waals surface area contributed by atoms with Gasteiger partial charge in [-0.05, 0) is 16.7 Å². The molecule has 5 rings (SSSR count). The Hall–Kier alpha value is -4.44. The van der Waals surface area contributed by atoms with Crippen LogP contribution in [0.15, 0.2) is 125 Å². The van der Waals surface area contributed by atoms with E-state index in [2.05, 4.69) is 10.2 Å². The van der Waals surface area contributed by atoms with Crippen molar-refractivity contribution in [2.24, 2.45) is 16.1 Å². The third-order valence-corrected chi connectivity index (χ3v) is 6.01. The van der Waals surface area contributed by atoms with Crippen molar-refractivity contribution in [3.05, 3.63) is 143 Å². The van der Waals surface area contributed by atoms with Gasteiger partial charge in [0.1, 0.15) is 5.92 Å². The second-order valence-corrected chi connectivity index (χ2v) is 8.14. The van der Waals surface area contributed by atoms with Gasteiger partial charge in [-0.25, -0.2) is 0 Å². The molecular formula is C30H22N2O2. The number of carbonyl (C=O) groups is 2. The molecule has 0 aliphatic heterocycles. The van der Waals surface area contributed by atoms with Crippen LogP contribution in [-0.2, 0) is 4.79 Å². The topological polar surface area (TPSA) is 58.9 Å². The van der Waals surface area contributed by atoms with Crippen molar-refractivity contribution in [3.8, 4) is 0 Å². The van der Waals surface area contributed by atoms with Crippen molar-refractivity contribution >= 4 is 23.5 Å². The Morgan fingerprint density at radius 1 is 0.676 bits per heavy atom. The van der Waals surface area contributed by atoms with E-state index in [0.717, 1.165) is 16.7 Å². The predicted molar refractivity (Wildman–Crippen MR) is 135 cm³/mol. The average Bonchev–Trinajstić information content (AvgIpc) is 3.18. The van der Waals surface area contributed by atoms with E-state index in [1.165, 1.54) is 0 Å². The molecular weight excluding hydrogens is 420 g/mol. The van der Waals surface area contributed by atoms with E-state index in [1.54, 1.807) is 18.3 Å². The highest BCUT2D eigenvalue weighted by molar-refractivity contribution is 6.38. The first-order valence-electron chi connectivity index (χ1n) is 11.2. The van der Waals surface area contributed by atoms with Crippen LogP contribution in [-0.4, -0.2) is 23.5 Å². The summed E-state index contributed by atoms with van der Waals surface area (Å²) in [6, 6.07) is 36.0. The van der Waals surface area contributed by atoms with Gasteiger partial charge in [-0.15, -0.1) is 0 Å². The first-order valence-corrected chi connectivity index (χ1v) is 11.2. The number of nitrogens with zero attached hydrogens (tertiary/aromatic N) is 2. The van der Waals surface area contributed by atoms with Gasteiger partial charge in [-0.3, -0.25) is 9.59 Å². The van der Waals surface area contributed by atoms with Crippen LogP contribution < -0.4 is 0 Å². The number of rotatable bonds is 6. The minimum atomic E-state index is -1.02. The second-order valence-electron chi connectivity index (χ2n) is 8.14. The molecule has 0 heterocycles. The zero-order chi connectivity index (χ0) is 23.3. The van der Waals surface area contributed by atoms with Gasteiger partial charge in [-0.1, -0.05) is 115 Å². The van der Waals surface area contributed by atoms with Crippen LogP contribution in [0.1, 0.15) is 38.5 Å². The maximum Gasteiger partial charge on any atom is 0.180 e. The molecule has 1 aliphatic rings. The fraction of sp³-hybridized carbons (Fsp3) is 0.0667. The number of ketones is 2. The molecule has 0 saturated heterocycles. The highest BCUT2D eigenvalue weighted by Crippen LogP contribution is 2.35. The first kappa shape index (κ1) is 21.4. The lowest BCUT2D eigenvalue weighted by Gasteiger charge is -2.20. The molecule has 0 N–H and O–H groups in total.